The van der Waals surface area contributed by atoms with Crippen molar-refractivity contribution < 1.29 is 17.9 Å². The molecule has 7 heteroatoms. The van der Waals surface area contributed by atoms with E-state index >= 15 is 0 Å². The van der Waals surface area contributed by atoms with Crippen LogP contribution in [-0.4, -0.2) is 33.0 Å². The molecule has 0 radical (unpaired) electrons. The quantitative estimate of drug-likeness (QED) is 0.470. The van der Waals surface area contributed by atoms with Gasteiger partial charge < -0.3 is 14.0 Å². The summed E-state index contributed by atoms with van der Waals surface area (Å²) >= 11 is 0. The van der Waals surface area contributed by atoms with Crippen LogP contribution in [0.25, 0.3) is 21.8 Å². The number of methoxy groups -OCH3 is 1. The Balaban J connectivity index is 2.14. The van der Waals surface area contributed by atoms with Gasteiger partial charge in [0.25, 0.3) is 0 Å². The molecule has 3 aromatic carbocycles. The van der Waals surface area contributed by atoms with Gasteiger partial charge in [-0.15, -0.1) is 0 Å². The molecule has 0 amide bonds. The van der Waals surface area contributed by atoms with Gasteiger partial charge in [-0.2, -0.15) is 0 Å². The Morgan fingerprint density at radius 3 is 2.40 bits per heavy atom. The molecule has 0 fully saturated rings. The van der Waals surface area contributed by atoms with Gasteiger partial charge in [0, 0.05) is 28.9 Å². The lowest BCUT2D eigenvalue weighted by atomic mass is 10.1. The minimum Gasteiger partial charge on any atom is -0.493 e. The standard InChI is InChI=1S/C23H24N2O4S/c1-4-29-23-20(28-2)14-18(24-30(3,26)27)21-17-12-8-9-13-19(17)25(22(21)23)15-16-10-6-5-7-11-16/h5-14,24H,4,15H2,1-3H3. The van der Waals surface area contributed by atoms with E-state index in [1.54, 1.807) is 13.2 Å². The average Bonchev–Trinajstić information content (AvgIpc) is 3.04. The molecule has 6 nitrogen and oxygen atoms in total. The van der Waals surface area contributed by atoms with E-state index in [2.05, 4.69) is 21.4 Å². The molecule has 0 bridgehead atoms. The summed E-state index contributed by atoms with van der Waals surface area (Å²) in [7, 11) is -1.94. The van der Waals surface area contributed by atoms with Crippen molar-refractivity contribution in [3.63, 3.8) is 0 Å². The van der Waals surface area contributed by atoms with Crippen molar-refractivity contribution in [1.29, 1.82) is 0 Å². The molecule has 1 heterocycles. The number of fused-ring (bicyclic) bond motifs is 3. The lowest BCUT2D eigenvalue weighted by Gasteiger charge is -2.17. The van der Waals surface area contributed by atoms with Crippen molar-refractivity contribution in [3.8, 4) is 11.5 Å². The van der Waals surface area contributed by atoms with E-state index < -0.39 is 10.0 Å². The lowest BCUT2D eigenvalue weighted by Crippen LogP contribution is -2.11. The first-order valence-electron chi connectivity index (χ1n) is 9.69. The molecule has 1 N–H and O–H groups in total. The van der Waals surface area contributed by atoms with E-state index in [1.165, 1.54) is 0 Å². The number of para-hydroxylation sites is 1. The molecule has 0 aliphatic carbocycles. The van der Waals surface area contributed by atoms with Crippen molar-refractivity contribution in [3.05, 3.63) is 66.2 Å². The normalized spacial score (nSPS) is 11.7. The highest BCUT2D eigenvalue weighted by Crippen LogP contribution is 2.45. The smallest absolute Gasteiger partial charge is 0.229 e. The fraction of sp³-hybridized carbons (Fsp3) is 0.217. The molecule has 0 aliphatic rings. The van der Waals surface area contributed by atoms with E-state index in [4.69, 9.17) is 9.47 Å². The van der Waals surface area contributed by atoms with Gasteiger partial charge in [-0.3, -0.25) is 4.72 Å². The van der Waals surface area contributed by atoms with Gasteiger partial charge in [0.15, 0.2) is 11.5 Å². The summed E-state index contributed by atoms with van der Waals surface area (Å²) in [6.07, 6.45) is 1.14. The molecule has 0 spiro atoms. The second-order valence-corrected chi connectivity index (χ2v) is 8.82. The van der Waals surface area contributed by atoms with E-state index in [-0.39, 0.29) is 0 Å². The van der Waals surface area contributed by atoms with Crippen LogP contribution in [0.1, 0.15) is 12.5 Å². The fourth-order valence-corrected chi connectivity index (χ4v) is 4.40. The molecule has 4 rings (SSSR count). The molecule has 0 atom stereocenters. The molecule has 0 unspecified atom stereocenters. The third-order valence-electron chi connectivity index (χ3n) is 4.94. The van der Waals surface area contributed by atoms with Gasteiger partial charge >= 0.3 is 0 Å². The molecular formula is C23H24N2O4S. The largest absolute Gasteiger partial charge is 0.493 e. The maximum Gasteiger partial charge on any atom is 0.229 e. The number of ether oxygens (including phenoxy) is 2. The van der Waals surface area contributed by atoms with Crippen LogP contribution in [0.3, 0.4) is 0 Å². The van der Waals surface area contributed by atoms with Crippen LogP contribution >= 0.6 is 0 Å². The van der Waals surface area contributed by atoms with Crippen LogP contribution in [0.5, 0.6) is 11.5 Å². The number of nitrogens with one attached hydrogen (secondary N) is 1. The van der Waals surface area contributed by atoms with Crippen LogP contribution in [-0.2, 0) is 16.6 Å². The molecule has 0 saturated carbocycles. The van der Waals surface area contributed by atoms with E-state index in [9.17, 15) is 8.42 Å². The van der Waals surface area contributed by atoms with Gasteiger partial charge in [0.05, 0.1) is 31.2 Å². The summed E-state index contributed by atoms with van der Waals surface area (Å²) in [5.74, 6) is 1.08. The van der Waals surface area contributed by atoms with Crippen molar-refractivity contribution in [2.75, 3.05) is 24.7 Å². The fourth-order valence-electron chi connectivity index (χ4n) is 3.84. The highest BCUT2D eigenvalue weighted by atomic mass is 32.2. The maximum atomic E-state index is 12.1. The van der Waals surface area contributed by atoms with Crippen LogP contribution in [0.15, 0.2) is 60.7 Å². The van der Waals surface area contributed by atoms with Gasteiger partial charge in [-0.1, -0.05) is 48.5 Å². The molecule has 0 aliphatic heterocycles. The number of hydrogen-bond acceptors (Lipinski definition) is 4. The highest BCUT2D eigenvalue weighted by molar-refractivity contribution is 7.92. The number of aromatic nitrogens is 1. The Morgan fingerprint density at radius 1 is 1.03 bits per heavy atom. The van der Waals surface area contributed by atoms with Crippen LogP contribution < -0.4 is 14.2 Å². The molecule has 1 aromatic heterocycles. The van der Waals surface area contributed by atoms with E-state index in [1.807, 2.05) is 49.4 Å². The zero-order valence-corrected chi connectivity index (χ0v) is 18.0. The number of nitrogens with zero attached hydrogens (tertiary/aromatic N) is 1. The molecule has 0 saturated heterocycles. The zero-order valence-electron chi connectivity index (χ0n) is 17.2. The van der Waals surface area contributed by atoms with Gasteiger partial charge in [-0.05, 0) is 18.6 Å². The van der Waals surface area contributed by atoms with E-state index in [0.717, 1.165) is 33.6 Å². The summed E-state index contributed by atoms with van der Waals surface area (Å²) < 4.78 is 40.6. The first-order chi connectivity index (χ1) is 14.4. The predicted molar refractivity (Wildman–Crippen MR) is 121 cm³/mol. The van der Waals surface area contributed by atoms with Gasteiger partial charge in [0.2, 0.25) is 10.0 Å². The summed E-state index contributed by atoms with van der Waals surface area (Å²) in [6, 6.07) is 19.8. The van der Waals surface area contributed by atoms with Crippen LogP contribution in [0, 0.1) is 0 Å². The first kappa shape index (κ1) is 20.1. The lowest BCUT2D eigenvalue weighted by molar-refractivity contribution is 0.313. The minimum atomic E-state index is -3.49. The number of sulfonamides is 1. The van der Waals surface area contributed by atoms with E-state index in [0.29, 0.717) is 30.3 Å². The Bertz CT molecular complexity index is 1310. The number of hydrogen-bond donors (Lipinski definition) is 1. The third kappa shape index (κ3) is 3.68. The summed E-state index contributed by atoms with van der Waals surface area (Å²) in [5, 5.41) is 1.73. The van der Waals surface area contributed by atoms with Crippen molar-refractivity contribution in [2.24, 2.45) is 0 Å². The first-order valence-corrected chi connectivity index (χ1v) is 11.6. The topological polar surface area (TPSA) is 69.6 Å². The number of rotatable bonds is 7. The number of benzene rings is 3. The second-order valence-electron chi connectivity index (χ2n) is 7.08. The minimum absolute atomic E-state index is 0.456. The average molecular weight is 425 g/mol. The maximum absolute atomic E-state index is 12.1. The SMILES string of the molecule is CCOc1c(OC)cc(NS(C)(=O)=O)c2c3ccccc3n(Cc3ccccc3)c12. The molecule has 30 heavy (non-hydrogen) atoms. The molecular weight excluding hydrogens is 400 g/mol. The Morgan fingerprint density at radius 2 is 1.73 bits per heavy atom. The van der Waals surface area contributed by atoms with Gasteiger partial charge in [0.1, 0.15) is 0 Å². The Hall–Kier alpha value is -3.19. The summed E-state index contributed by atoms with van der Waals surface area (Å²) in [4.78, 5) is 0. The van der Waals surface area contributed by atoms with Crippen molar-refractivity contribution in [2.45, 2.75) is 13.5 Å². The Labute approximate surface area is 176 Å². The highest BCUT2D eigenvalue weighted by Gasteiger charge is 2.23. The summed E-state index contributed by atoms with van der Waals surface area (Å²) in [5.41, 5.74) is 3.38. The van der Waals surface area contributed by atoms with Crippen molar-refractivity contribution >= 4 is 37.5 Å². The van der Waals surface area contributed by atoms with Crippen molar-refractivity contribution in [1.82, 2.24) is 4.57 Å². The summed E-state index contributed by atoms with van der Waals surface area (Å²) in [6.45, 7) is 2.98. The third-order valence-corrected chi connectivity index (χ3v) is 5.53. The van der Waals surface area contributed by atoms with Gasteiger partial charge in [-0.25, -0.2) is 8.42 Å². The monoisotopic (exact) mass is 424 g/mol. The molecule has 156 valence electrons. The molecule has 4 aromatic rings. The Kier molecular flexibility index (Phi) is 5.30. The predicted octanol–water partition coefficient (Wildman–Crippen LogP) is 4.62. The zero-order chi connectivity index (χ0) is 21.3. The number of anilines is 1. The van der Waals surface area contributed by atoms with Crippen LogP contribution in [0.4, 0.5) is 5.69 Å². The van der Waals surface area contributed by atoms with Crippen LogP contribution in [0.2, 0.25) is 0 Å². The second kappa shape index (κ2) is 7.91.